The minimum atomic E-state index is 0.175. The highest BCUT2D eigenvalue weighted by molar-refractivity contribution is 5.79. The van der Waals surface area contributed by atoms with E-state index < -0.39 is 0 Å². The third-order valence-electron chi connectivity index (χ3n) is 6.17. The Balaban J connectivity index is 1.47. The lowest BCUT2D eigenvalue weighted by Crippen LogP contribution is -2.39. The van der Waals surface area contributed by atoms with Crippen LogP contribution in [0.25, 0.3) is 0 Å². The summed E-state index contributed by atoms with van der Waals surface area (Å²) in [5, 5.41) is 0. The third kappa shape index (κ3) is 5.47. The number of fused-ring (bicyclic) bond motifs is 1. The topological polar surface area (TPSA) is 32.8 Å². The van der Waals surface area contributed by atoms with Crippen LogP contribution in [0.15, 0.2) is 18.2 Å². The Morgan fingerprint density at radius 3 is 2.59 bits per heavy atom. The predicted molar refractivity (Wildman–Crippen MR) is 110 cm³/mol. The van der Waals surface area contributed by atoms with Gasteiger partial charge in [0.2, 0.25) is 5.91 Å². The van der Waals surface area contributed by atoms with Crippen molar-refractivity contribution in [2.75, 3.05) is 32.8 Å². The number of piperidine rings is 1. The second-order valence-corrected chi connectivity index (χ2v) is 8.06. The Bertz CT molecular complexity index is 606. The molecule has 2 aliphatic heterocycles. The van der Waals surface area contributed by atoms with Gasteiger partial charge in [0, 0.05) is 25.6 Å². The smallest absolute Gasteiger partial charge is 0.225 e. The molecule has 2 heterocycles. The second kappa shape index (κ2) is 10.1. The number of hydrogen-bond donors (Lipinski definition) is 0. The SMILES string of the molecule is CCC(CC)C(=O)N1CCc2cc(OCCCN3CCCCC3)ccc2C1. The number of ether oxygens (including phenoxy) is 1. The van der Waals surface area contributed by atoms with Crippen LogP contribution in [0.1, 0.15) is 63.5 Å². The molecule has 3 rings (SSSR count). The first kappa shape index (κ1) is 20.2. The standard InChI is InChI=1S/C23H36N2O2/c1-3-19(4-2)23(26)25-15-11-20-17-22(10-9-21(20)18-25)27-16-8-14-24-12-6-5-7-13-24/h9-10,17,19H,3-8,11-16,18H2,1-2H3. The summed E-state index contributed by atoms with van der Waals surface area (Å²) in [7, 11) is 0. The number of hydrogen-bond acceptors (Lipinski definition) is 3. The molecule has 0 atom stereocenters. The summed E-state index contributed by atoms with van der Waals surface area (Å²) in [4.78, 5) is 17.2. The van der Waals surface area contributed by atoms with Crippen LogP contribution in [-0.4, -0.2) is 48.5 Å². The van der Waals surface area contributed by atoms with Crippen molar-refractivity contribution in [3.05, 3.63) is 29.3 Å². The Hall–Kier alpha value is -1.55. The normalized spacial score (nSPS) is 17.8. The fraction of sp³-hybridized carbons (Fsp3) is 0.696. The van der Waals surface area contributed by atoms with Gasteiger partial charge in [0.1, 0.15) is 5.75 Å². The zero-order chi connectivity index (χ0) is 19.1. The van der Waals surface area contributed by atoms with E-state index in [1.807, 2.05) is 4.90 Å². The van der Waals surface area contributed by atoms with Crippen molar-refractivity contribution in [2.24, 2.45) is 5.92 Å². The molecular formula is C23H36N2O2. The Labute approximate surface area is 164 Å². The summed E-state index contributed by atoms with van der Waals surface area (Å²) in [5.41, 5.74) is 2.62. The summed E-state index contributed by atoms with van der Waals surface area (Å²) in [6.07, 6.45) is 7.99. The van der Waals surface area contributed by atoms with Crippen molar-refractivity contribution >= 4 is 5.91 Å². The van der Waals surface area contributed by atoms with E-state index in [4.69, 9.17) is 4.74 Å². The zero-order valence-corrected chi connectivity index (χ0v) is 17.2. The second-order valence-electron chi connectivity index (χ2n) is 8.06. The van der Waals surface area contributed by atoms with Gasteiger partial charge in [-0.05, 0) is 74.9 Å². The lowest BCUT2D eigenvalue weighted by molar-refractivity contribution is -0.136. The Morgan fingerprint density at radius 1 is 1.07 bits per heavy atom. The number of nitrogens with zero attached hydrogens (tertiary/aromatic N) is 2. The van der Waals surface area contributed by atoms with Crippen molar-refractivity contribution in [2.45, 2.75) is 65.3 Å². The number of rotatable bonds is 8. The van der Waals surface area contributed by atoms with Gasteiger partial charge >= 0.3 is 0 Å². The molecule has 1 fully saturated rings. The van der Waals surface area contributed by atoms with Crippen LogP contribution in [0.3, 0.4) is 0 Å². The van der Waals surface area contributed by atoms with Crippen molar-refractivity contribution in [3.63, 3.8) is 0 Å². The Morgan fingerprint density at radius 2 is 1.85 bits per heavy atom. The highest BCUT2D eigenvalue weighted by Gasteiger charge is 2.25. The minimum Gasteiger partial charge on any atom is -0.494 e. The number of carbonyl (C=O) groups is 1. The van der Waals surface area contributed by atoms with Crippen LogP contribution in [0.2, 0.25) is 0 Å². The number of amides is 1. The van der Waals surface area contributed by atoms with Crippen LogP contribution in [0, 0.1) is 5.92 Å². The maximum Gasteiger partial charge on any atom is 0.225 e. The lowest BCUT2D eigenvalue weighted by atomic mass is 9.96. The molecule has 1 aromatic rings. The molecule has 0 saturated carbocycles. The quantitative estimate of drug-likeness (QED) is 0.639. The van der Waals surface area contributed by atoms with Crippen LogP contribution < -0.4 is 4.74 Å². The highest BCUT2D eigenvalue weighted by Crippen LogP contribution is 2.26. The number of likely N-dealkylation sites (tertiary alicyclic amines) is 1. The number of benzene rings is 1. The summed E-state index contributed by atoms with van der Waals surface area (Å²) in [6, 6.07) is 6.42. The average Bonchev–Trinajstić information content (AvgIpc) is 2.72. The van der Waals surface area contributed by atoms with Crippen molar-refractivity contribution in [1.82, 2.24) is 9.80 Å². The monoisotopic (exact) mass is 372 g/mol. The molecule has 1 amide bonds. The molecule has 1 aromatic carbocycles. The number of carbonyl (C=O) groups excluding carboxylic acids is 1. The van der Waals surface area contributed by atoms with Gasteiger partial charge in [0.15, 0.2) is 0 Å². The molecule has 0 bridgehead atoms. The maximum atomic E-state index is 12.6. The van der Waals surface area contributed by atoms with Crippen LogP contribution in [-0.2, 0) is 17.8 Å². The molecule has 0 radical (unpaired) electrons. The van der Waals surface area contributed by atoms with Crippen LogP contribution >= 0.6 is 0 Å². The first-order chi connectivity index (χ1) is 13.2. The molecule has 0 spiro atoms. The molecule has 1 saturated heterocycles. The fourth-order valence-corrected chi connectivity index (χ4v) is 4.36. The van der Waals surface area contributed by atoms with E-state index in [0.29, 0.717) is 5.91 Å². The summed E-state index contributed by atoms with van der Waals surface area (Å²) in [5.74, 6) is 1.48. The molecule has 4 heteroatoms. The first-order valence-corrected chi connectivity index (χ1v) is 11.0. The predicted octanol–water partition coefficient (Wildman–Crippen LogP) is 4.26. The van der Waals surface area contributed by atoms with Crippen molar-refractivity contribution in [3.8, 4) is 5.75 Å². The maximum absolute atomic E-state index is 12.6. The minimum absolute atomic E-state index is 0.175. The summed E-state index contributed by atoms with van der Waals surface area (Å²) < 4.78 is 6.00. The summed E-state index contributed by atoms with van der Waals surface area (Å²) in [6.45, 7) is 10.3. The van der Waals surface area contributed by atoms with E-state index in [2.05, 4.69) is 36.9 Å². The largest absolute Gasteiger partial charge is 0.494 e. The van der Waals surface area contributed by atoms with Gasteiger partial charge < -0.3 is 14.5 Å². The van der Waals surface area contributed by atoms with Gasteiger partial charge in [0.25, 0.3) is 0 Å². The zero-order valence-electron chi connectivity index (χ0n) is 17.2. The van der Waals surface area contributed by atoms with Gasteiger partial charge in [-0.15, -0.1) is 0 Å². The molecule has 150 valence electrons. The average molecular weight is 373 g/mol. The van der Waals surface area contributed by atoms with E-state index >= 15 is 0 Å². The highest BCUT2D eigenvalue weighted by atomic mass is 16.5. The van der Waals surface area contributed by atoms with Gasteiger partial charge in [-0.25, -0.2) is 0 Å². The van der Waals surface area contributed by atoms with Crippen molar-refractivity contribution in [1.29, 1.82) is 0 Å². The lowest BCUT2D eigenvalue weighted by Gasteiger charge is -2.31. The van der Waals surface area contributed by atoms with Gasteiger partial charge in [0.05, 0.1) is 6.61 Å². The molecule has 4 nitrogen and oxygen atoms in total. The van der Waals surface area contributed by atoms with Crippen molar-refractivity contribution < 1.29 is 9.53 Å². The van der Waals surface area contributed by atoms with E-state index in [-0.39, 0.29) is 5.92 Å². The van der Waals surface area contributed by atoms with Gasteiger partial charge in [-0.2, -0.15) is 0 Å². The summed E-state index contributed by atoms with van der Waals surface area (Å²) >= 11 is 0. The molecule has 2 aliphatic rings. The Kier molecular flexibility index (Phi) is 7.57. The molecular weight excluding hydrogens is 336 g/mol. The molecule has 0 aromatic heterocycles. The van der Waals surface area contributed by atoms with E-state index in [0.717, 1.165) is 57.7 Å². The molecule has 0 N–H and O–H groups in total. The molecule has 0 aliphatic carbocycles. The molecule has 27 heavy (non-hydrogen) atoms. The van der Waals surface area contributed by atoms with Crippen LogP contribution in [0.5, 0.6) is 5.75 Å². The molecule has 0 unspecified atom stereocenters. The van der Waals surface area contributed by atoms with E-state index in [1.165, 1.54) is 43.5 Å². The third-order valence-corrected chi connectivity index (χ3v) is 6.17. The first-order valence-electron chi connectivity index (χ1n) is 11.0. The van der Waals surface area contributed by atoms with Crippen LogP contribution in [0.4, 0.5) is 0 Å². The van der Waals surface area contributed by atoms with E-state index in [9.17, 15) is 4.79 Å². The van der Waals surface area contributed by atoms with E-state index in [1.54, 1.807) is 0 Å². The van der Waals surface area contributed by atoms with Gasteiger partial charge in [-0.1, -0.05) is 26.3 Å². The fourth-order valence-electron chi connectivity index (χ4n) is 4.36. The van der Waals surface area contributed by atoms with Gasteiger partial charge in [-0.3, -0.25) is 4.79 Å².